The molecule has 0 aromatic heterocycles. The lowest BCUT2D eigenvalue weighted by Gasteiger charge is -2.22. The molecule has 0 aliphatic carbocycles. The van der Waals surface area contributed by atoms with Crippen LogP contribution in [0.25, 0.3) is 0 Å². The molecule has 1 atom stereocenters. The van der Waals surface area contributed by atoms with Gasteiger partial charge < -0.3 is 5.32 Å². The Labute approximate surface area is 108 Å². The lowest BCUT2D eigenvalue weighted by Crippen LogP contribution is -2.40. The number of nitrogens with one attached hydrogen (secondary N) is 1. The van der Waals surface area contributed by atoms with E-state index in [1.807, 2.05) is 6.92 Å². The Morgan fingerprint density at radius 1 is 1.50 bits per heavy atom. The van der Waals surface area contributed by atoms with E-state index in [1.54, 1.807) is 20.9 Å². The minimum Gasteiger partial charge on any atom is -0.303 e. The van der Waals surface area contributed by atoms with Crippen LogP contribution in [-0.4, -0.2) is 35.8 Å². The van der Waals surface area contributed by atoms with E-state index in [0.717, 1.165) is 0 Å². The summed E-state index contributed by atoms with van der Waals surface area (Å²) in [6.07, 6.45) is 1.53. The van der Waals surface area contributed by atoms with Crippen molar-refractivity contribution in [1.29, 1.82) is 5.26 Å². The second-order valence-electron chi connectivity index (χ2n) is 5.71. The number of carbonyl (C=O) groups is 2. The molecule has 1 saturated heterocycles. The topological polar surface area (TPSA) is 73.2 Å². The maximum Gasteiger partial charge on any atom is 0.235 e. The molecule has 1 heterocycles. The van der Waals surface area contributed by atoms with Crippen molar-refractivity contribution in [2.45, 2.75) is 45.6 Å². The van der Waals surface area contributed by atoms with Crippen LogP contribution in [-0.2, 0) is 9.59 Å². The number of hydrogen-bond acceptors (Lipinski definition) is 4. The second kappa shape index (κ2) is 5.07. The SMILES string of the molecule is CNC(C)(C#N)CCCN1C(=O)CC(C)(C)C1=O. The monoisotopic (exact) mass is 251 g/mol. The predicted molar refractivity (Wildman–Crippen MR) is 67.4 cm³/mol. The maximum atomic E-state index is 12.0. The Morgan fingerprint density at radius 3 is 2.50 bits per heavy atom. The summed E-state index contributed by atoms with van der Waals surface area (Å²) in [5, 5.41) is 11.9. The largest absolute Gasteiger partial charge is 0.303 e. The summed E-state index contributed by atoms with van der Waals surface area (Å²) < 4.78 is 0. The zero-order chi connectivity index (χ0) is 14.0. The lowest BCUT2D eigenvalue weighted by atomic mass is 9.92. The van der Waals surface area contributed by atoms with Gasteiger partial charge in [-0.3, -0.25) is 14.5 Å². The van der Waals surface area contributed by atoms with E-state index < -0.39 is 11.0 Å². The van der Waals surface area contributed by atoms with Crippen LogP contribution >= 0.6 is 0 Å². The number of carbonyl (C=O) groups excluding carboxylic acids is 2. The molecule has 5 nitrogen and oxygen atoms in total. The molecule has 1 aliphatic rings. The summed E-state index contributed by atoms with van der Waals surface area (Å²) >= 11 is 0. The van der Waals surface area contributed by atoms with Gasteiger partial charge in [-0.15, -0.1) is 0 Å². The molecule has 1 N–H and O–H groups in total. The van der Waals surface area contributed by atoms with Gasteiger partial charge in [0.15, 0.2) is 0 Å². The second-order valence-corrected chi connectivity index (χ2v) is 5.71. The molecule has 2 amide bonds. The molecule has 1 fully saturated rings. The molecule has 1 rings (SSSR count). The van der Waals surface area contributed by atoms with E-state index in [0.29, 0.717) is 19.4 Å². The Morgan fingerprint density at radius 2 is 2.11 bits per heavy atom. The molecule has 1 aliphatic heterocycles. The number of amides is 2. The highest BCUT2D eigenvalue weighted by Gasteiger charge is 2.44. The van der Waals surface area contributed by atoms with Crippen LogP contribution in [0, 0.1) is 16.7 Å². The van der Waals surface area contributed by atoms with Crippen LogP contribution in [0.4, 0.5) is 0 Å². The quantitative estimate of drug-likeness (QED) is 0.741. The summed E-state index contributed by atoms with van der Waals surface area (Å²) in [7, 11) is 1.73. The maximum absolute atomic E-state index is 12.0. The van der Waals surface area contributed by atoms with Crippen molar-refractivity contribution in [1.82, 2.24) is 10.2 Å². The fourth-order valence-electron chi connectivity index (χ4n) is 2.08. The van der Waals surface area contributed by atoms with Crippen molar-refractivity contribution in [3.05, 3.63) is 0 Å². The molecular formula is C13H21N3O2. The van der Waals surface area contributed by atoms with Gasteiger partial charge in [-0.1, -0.05) is 13.8 Å². The Hall–Kier alpha value is -1.41. The minimum atomic E-state index is -0.596. The van der Waals surface area contributed by atoms with Gasteiger partial charge in [-0.2, -0.15) is 5.26 Å². The van der Waals surface area contributed by atoms with Crippen molar-refractivity contribution in [2.75, 3.05) is 13.6 Å². The van der Waals surface area contributed by atoms with E-state index in [-0.39, 0.29) is 18.2 Å². The highest BCUT2D eigenvalue weighted by atomic mass is 16.2. The molecule has 5 heteroatoms. The first kappa shape index (κ1) is 14.7. The van der Waals surface area contributed by atoms with E-state index >= 15 is 0 Å². The van der Waals surface area contributed by atoms with Crippen molar-refractivity contribution >= 4 is 11.8 Å². The molecule has 0 radical (unpaired) electrons. The van der Waals surface area contributed by atoms with Crippen LogP contribution in [0.1, 0.15) is 40.0 Å². The zero-order valence-electron chi connectivity index (χ0n) is 11.5. The lowest BCUT2D eigenvalue weighted by molar-refractivity contribution is -0.140. The third-order valence-electron chi connectivity index (χ3n) is 3.58. The van der Waals surface area contributed by atoms with Gasteiger partial charge in [0.05, 0.1) is 11.5 Å². The third-order valence-corrected chi connectivity index (χ3v) is 3.58. The predicted octanol–water partition coefficient (Wildman–Crippen LogP) is 1.05. The summed E-state index contributed by atoms with van der Waals surface area (Å²) in [6, 6.07) is 2.19. The molecular weight excluding hydrogens is 230 g/mol. The van der Waals surface area contributed by atoms with Gasteiger partial charge in [-0.05, 0) is 26.8 Å². The molecule has 0 aromatic rings. The molecule has 1 unspecified atom stereocenters. The summed E-state index contributed by atoms with van der Waals surface area (Å²) in [6.45, 7) is 5.80. The molecule has 0 saturated carbocycles. The van der Waals surface area contributed by atoms with Crippen LogP contribution in [0.2, 0.25) is 0 Å². The molecule has 0 aromatic carbocycles. The number of nitriles is 1. The average Bonchev–Trinajstić information content (AvgIpc) is 2.50. The van der Waals surface area contributed by atoms with Gasteiger partial charge in [0.2, 0.25) is 11.8 Å². The van der Waals surface area contributed by atoms with Crippen LogP contribution in [0.15, 0.2) is 0 Å². The van der Waals surface area contributed by atoms with Gasteiger partial charge in [0.25, 0.3) is 0 Å². The number of rotatable bonds is 5. The Kier molecular flexibility index (Phi) is 4.12. The summed E-state index contributed by atoms with van der Waals surface area (Å²) in [5.74, 6) is -0.205. The molecule has 100 valence electrons. The average molecular weight is 251 g/mol. The Balaban J connectivity index is 2.54. The number of hydrogen-bond donors (Lipinski definition) is 1. The first-order valence-electron chi connectivity index (χ1n) is 6.21. The third kappa shape index (κ3) is 2.88. The van der Waals surface area contributed by atoms with Crippen LogP contribution in [0.3, 0.4) is 0 Å². The van der Waals surface area contributed by atoms with E-state index in [9.17, 15) is 9.59 Å². The first-order valence-corrected chi connectivity index (χ1v) is 6.21. The summed E-state index contributed by atoms with van der Waals surface area (Å²) in [5.41, 5.74) is -1.17. The molecule has 0 spiro atoms. The van der Waals surface area contributed by atoms with Crippen molar-refractivity contribution < 1.29 is 9.59 Å². The van der Waals surface area contributed by atoms with Crippen molar-refractivity contribution in [3.63, 3.8) is 0 Å². The highest BCUT2D eigenvalue weighted by Crippen LogP contribution is 2.31. The normalized spacial score (nSPS) is 21.8. The minimum absolute atomic E-state index is 0.101. The van der Waals surface area contributed by atoms with E-state index in [2.05, 4.69) is 11.4 Å². The zero-order valence-corrected chi connectivity index (χ0v) is 11.5. The van der Waals surface area contributed by atoms with Crippen LogP contribution in [0.5, 0.6) is 0 Å². The van der Waals surface area contributed by atoms with E-state index in [1.165, 1.54) is 4.90 Å². The van der Waals surface area contributed by atoms with Crippen LogP contribution < -0.4 is 5.32 Å². The van der Waals surface area contributed by atoms with Crippen molar-refractivity contribution in [2.24, 2.45) is 5.41 Å². The van der Waals surface area contributed by atoms with Gasteiger partial charge >= 0.3 is 0 Å². The number of nitrogens with zero attached hydrogens (tertiary/aromatic N) is 2. The smallest absolute Gasteiger partial charge is 0.235 e. The van der Waals surface area contributed by atoms with E-state index in [4.69, 9.17) is 5.26 Å². The summed E-state index contributed by atoms with van der Waals surface area (Å²) in [4.78, 5) is 25.0. The first-order chi connectivity index (χ1) is 8.25. The fraction of sp³-hybridized carbons (Fsp3) is 0.769. The Bertz CT molecular complexity index is 398. The molecule has 18 heavy (non-hydrogen) atoms. The standard InChI is InChI=1S/C13H21N3O2/c1-12(2)8-10(17)16(11(12)18)7-5-6-13(3,9-14)15-4/h15H,5-8H2,1-4H3. The van der Waals surface area contributed by atoms with Crippen molar-refractivity contribution in [3.8, 4) is 6.07 Å². The number of likely N-dealkylation sites (tertiary alicyclic amines) is 1. The van der Waals surface area contributed by atoms with Gasteiger partial charge in [0.1, 0.15) is 5.54 Å². The highest BCUT2D eigenvalue weighted by molar-refractivity contribution is 6.05. The molecule has 0 bridgehead atoms. The fourth-order valence-corrected chi connectivity index (χ4v) is 2.08. The van der Waals surface area contributed by atoms with Gasteiger partial charge in [0, 0.05) is 13.0 Å². The van der Waals surface area contributed by atoms with Gasteiger partial charge in [-0.25, -0.2) is 0 Å². The number of imide groups is 1.